The first-order chi connectivity index (χ1) is 12.0. The molecule has 2 aromatic heterocycles. The fraction of sp³-hybridized carbons (Fsp3) is 0.211. The summed E-state index contributed by atoms with van der Waals surface area (Å²) < 4.78 is 0. The van der Waals surface area contributed by atoms with Gasteiger partial charge in [0.2, 0.25) is 5.56 Å². The summed E-state index contributed by atoms with van der Waals surface area (Å²) in [5.41, 5.74) is 5.02. The van der Waals surface area contributed by atoms with Gasteiger partial charge in [0.1, 0.15) is 5.69 Å². The minimum Gasteiger partial charge on any atom is -0.324 e. The number of hydrogen-bond donors (Lipinski definition) is 3. The molecule has 0 spiro atoms. The van der Waals surface area contributed by atoms with E-state index in [4.69, 9.17) is 0 Å². The van der Waals surface area contributed by atoms with E-state index in [1.807, 2.05) is 12.1 Å². The third-order valence-corrected chi connectivity index (χ3v) is 4.15. The number of aromatic nitrogens is 3. The van der Waals surface area contributed by atoms with Gasteiger partial charge in [0.05, 0.1) is 11.4 Å². The van der Waals surface area contributed by atoms with Gasteiger partial charge >= 0.3 is 0 Å². The highest BCUT2D eigenvalue weighted by atomic mass is 16.2. The molecular formula is C19H20N4O2. The number of aromatic amines is 2. The van der Waals surface area contributed by atoms with Gasteiger partial charge in [0, 0.05) is 17.3 Å². The number of carbonyl (C=O) groups is 1. The molecule has 0 saturated carbocycles. The molecule has 0 bridgehead atoms. The second-order valence-electron chi connectivity index (χ2n) is 5.99. The number of carbonyl (C=O) groups excluding carboxylic acids is 1. The van der Waals surface area contributed by atoms with Crippen LogP contribution in [0.3, 0.4) is 0 Å². The van der Waals surface area contributed by atoms with Gasteiger partial charge in [-0.3, -0.25) is 14.7 Å². The van der Waals surface area contributed by atoms with Crippen molar-refractivity contribution < 1.29 is 4.79 Å². The van der Waals surface area contributed by atoms with Gasteiger partial charge in [-0.1, -0.05) is 31.2 Å². The molecule has 128 valence electrons. The minimum atomic E-state index is -0.304. The Morgan fingerprint density at radius 3 is 2.52 bits per heavy atom. The Morgan fingerprint density at radius 1 is 1.16 bits per heavy atom. The van der Waals surface area contributed by atoms with E-state index < -0.39 is 0 Å². The molecule has 0 atom stereocenters. The number of nitrogens with one attached hydrogen (secondary N) is 3. The van der Waals surface area contributed by atoms with Crippen molar-refractivity contribution in [3.63, 3.8) is 0 Å². The first-order valence-electron chi connectivity index (χ1n) is 8.14. The highest BCUT2D eigenvalue weighted by molar-refractivity contribution is 6.04. The number of benzene rings is 1. The van der Waals surface area contributed by atoms with Crippen molar-refractivity contribution in [2.75, 3.05) is 5.32 Å². The zero-order chi connectivity index (χ0) is 18.0. The van der Waals surface area contributed by atoms with Crippen LogP contribution in [0.15, 0.2) is 41.2 Å². The summed E-state index contributed by atoms with van der Waals surface area (Å²) in [6.45, 7) is 5.63. The quantitative estimate of drug-likeness (QED) is 0.683. The Labute approximate surface area is 145 Å². The van der Waals surface area contributed by atoms with Crippen LogP contribution in [0.2, 0.25) is 0 Å². The second-order valence-corrected chi connectivity index (χ2v) is 5.99. The number of H-pyrrole nitrogens is 2. The van der Waals surface area contributed by atoms with Gasteiger partial charge in [0.15, 0.2) is 0 Å². The van der Waals surface area contributed by atoms with E-state index in [9.17, 15) is 9.59 Å². The molecule has 3 aromatic rings. The van der Waals surface area contributed by atoms with Gasteiger partial charge in [0.25, 0.3) is 5.91 Å². The lowest BCUT2D eigenvalue weighted by Gasteiger charge is -2.09. The summed E-state index contributed by atoms with van der Waals surface area (Å²) in [6.07, 6.45) is 0.979. The van der Waals surface area contributed by atoms with E-state index in [0.29, 0.717) is 28.3 Å². The topological polar surface area (TPSA) is 90.6 Å². The fourth-order valence-electron chi connectivity index (χ4n) is 2.72. The van der Waals surface area contributed by atoms with E-state index in [-0.39, 0.29) is 11.5 Å². The SMILES string of the molecule is CCc1ccc(-c2cc(C(=O)Nc3c(C)cc(=O)[nH]c3C)[nH]n2)cc1. The lowest BCUT2D eigenvalue weighted by atomic mass is 10.1. The number of pyridine rings is 1. The molecule has 1 aromatic carbocycles. The average molecular weight is 336 g/mol. The van der Waals surface area contributed by atoms with Crippen molar-refractivity contribution in [1.82, 2.24) is 15.2 Å². The standard InChI is InChI=1S/C19H20N4O2/c1-4-13-5-7-14(8-6-13)15-10-16(23-22-15)19(25)21-18-11(2)9-17(24)20-12(18)3/h5-10H,4H2,1-3H3,(H,20,24)(H,21,25)(H,22,23). The predicted octanol–water partition coefficient (Wildman–Crippen LogP) is 3.20. The highest BCUT2D eigenvalue weighted by Crippen LogP contribution is 2.20. The van der Waals surface area contributed by atoms with Gasteiger partial charge in [-0.2, -0.15) is 5.10 Å². The third-order valence-electron chi connectivity index (χ3n) is 4.15. The molecule has 0 aliphatic heterocycles. The number of aryl methyl sites for hydroxylation is 3. The minimum absolute atomic E-state index is 0.188. The molecule has 6 nitrogen and oxygen atoms in total. The van der Waals surface area contributed by atoms with Crippen molar-refractivity contribution in [1.29, 1.82) is 0 Å². The average Bonchev–Trinajstić information content (AvgIpc) is 3.08. The van der Waals surface area contributed by atoms with Crippen LogP contribution >= 0.6 is 0 Å². The molecule has 3 rings (SSSR count). The van der Waals surface area contributed by atoms with Crippen LogP contribution in [0, 0.1) is 13.8 Å². The van der Waals surface area contributed by atoms with Gasteiger partial charge in [-0.25, -0.2) is 0 Å². The maximum absolute atomic E-state index is 12.5. The molecule has 0 unspecified atom stereocenters. The van der Waals surface area contributed by atoms with Crippen LogP contribution in [0.5, 0.6) is 0 Å². The Kier molecular flexibility index (Phi) is 4.52. The highest BCUT2D eigenvalue weighted by Gasteiger charge is 2.14. The van der Waals surface area contributed by atoms with E-state index >= 15 is 0 Å². The van der Waals surface area contributed by atoms with E-state index in [2.05, 4.69) is 39.6 Å². The molecule has 0 radical (unpaired) electrons. The zero-order valence-electron chi connectivity index (χ0n) is 14.4. The molecule has 2 heterocycles. The molecular weight excluding hydrogens is 316 g/mol. The first kappa shape index (κ1) is 16.7. The summed E-state index contributed by atoms with van der Waals surface area (Å²) >= 11 is 0. The molecule has 0 aliphatic carbocycles. The normalized spacial score (nSPS) is 10.7. The largest absolute Gasteiger partial charge is 0.324 e. The van der Waals surface area contributed by atoms with Crippen LogP contribution in [-0.4, -0.2) is 21.1 Å². The molecule has 6 heteroatoms. The zero-order valence-corrected chi connectivity index (χ0v) is 14.4. The molecule has 0 aliphatic rings. The number of anilines is 1. The first-order valence-corrected chi connectivity index (χ1v) is 8.14. The monoisotopic (exact) mass is 336 g/mol. The molecule has 1 amide bonds. The number of amides is 1. The summed E-state index contributed by atoms with van der Waals surface area (Å²) in [4.78, 5) is 26.6. The predicted molar refractivity (Wildman–Crippen MR) is 97.9 cm³/mol. The van der Waals surface area contributed by atoms with Gasteiger partial charge in [-0.15, -0.1) is 0 Å². The van der Waals surface area contributed by atoms with Crippen LogP contribution in [0.4, 0.5) is 5.69 Å². The second kappa shape index (κ2) is 6.76. The Balaban J connectivity index is 1.82. The van der Waals surface area contributed by atoms with Crippen molar-refractivity contribution in [3.05, 3.63) is 69.3 Å². The number of rotatable bonds is 4. The lowest BCUT2D eigenvalue weighted by molar-refractivity contribution is 0.102. The molecule has 25 heavy (non-hydrogen) atoms. The summed E-state index contributed by atoms with van der Waals surface area (Å²) in [7, 11) is 0. The van der Waals surface area contributed by atoms with Crippen molar-refractivity contribution in [2.24, 2.45) is 0 Å². The molecule has 0 fully saturated rings. The summed E-state index contributed by atoms with van der Waals surface area (Å²) in [6, 6.07) is 11.3. The summed E-state index contributed by atoms with van der Waals surface area (Å²) in [5, 5.41) is 9.81. The molecule has 0 saturated heterocycles. The van der Waals surface area contributed by atoms with Crippen molar-refractivity contribution in [3.8, 4) is 11.3 Å². The smallest absolute Gasteiger partial charge is 0.273 e. The Hall–Kier alpha value is -3.15. The number of nitrogens with zero attached hydrogens (tertiary/aromatic N) is 1. The third kappa shape index (κ3) is 3.52. The van der Waals surface area contributed by atoms with Crippen LogP contribution < -0.4 is 10.9 Å². The van der Waals surface area contributed by atoms with E-state index in [1.54, 1.807) is 19.9 Å². The lowest BCUT2D eigenvalue weighted by Crippen LogP contribution is -2.17. The van der Waals surface area contributed by atoms with Gasteiger partial charge < -0.3 is 10.3 Å². The van der Waals surface area contributed by atoms with Crippen molar-refractivity contribution >= 4 is 11.6 Å². The maximum atomic E-state index is 12.5. The Bertz CT molecular complexity index is 942. The van der Waals surface area contributed by atoms with Crippen molar-refractivity contribution in [2.45, 2.75) is 27.2 Å². The molecule has 3 N–H and O–H groups in total. The van der Waals surface area contributed by atoms with Crippen LogP contribution in [0.25, 0.3) is 11.3 Å². The Morgan fingerprint density at radius 2 is 1.88 bits per heavy atom. The van der Waals surface area contributed by atoms with Crippen LogP contribution in [0.1, 0.15) is 34.2 Å². The van der Waals surface area contributed by atoms with E-state index in [0.717, 1.165) is 12.0 Å². The number of hydrogen-bond acceptors (Lipinski definition) is 3. The van der Waals surface area contributed by atoms with Gasteiger partial charge in [-0.05, 0) is 37.5 Å². The van der Waals surface area contributed by atoms with Crippen LogP contribution in [-0.2, 0) is 6.42 Å². The van der Waals surface area contributed by atoms with E-state index in [1.165, 1.54) is 11.6 Å². The fourth-order valence-corrected chi connectivity index (χ4v) is 2.72. The maximum Gasteiger partial charge on any atom is 0.273 e. The summed E-state index contributed by atoms with van der Waals surface area (Å²) in [5.74, 6) is -0.304.